The number of fused-ring (bicyclic) bond motifs is 1. The Bertz CT molecular complexity index is 932. The zero-order chi connectivity index (χ0) is 19.3. The normalized spacial score (nSPS) is 19.3. The van der Waals surface area contributed by atoms with Gasteiger partial charge in [-0.3, -0.25) is 10.1 Å². The summed E-state index contributed by atoms with van der Waals surface area (Å²) < 4.78 is 1.23. The highest BCUT2D eigenvalue weighted by molar-refractivity contribution is 7.18. The summed E-state index contributed by atoms with van der Waals surface area (Å²) in [5, 5.41) is 6.28. The maximum absolute atomic E-state index is 12.2. The van der Waals surface area contributed by atoms with Crippen LogP contribution < -0.4 is 15.5 Å². The summed E-state index contributed by atoms with van der Waals surface area (Å²) >= 11 is 1.78. The number of imide groups is 1. The molecule has 2 aromatic carbocycles. The van der Waals surface area contributed by atoms with Crippen LogP contribution in [0.15, 0.2) is 54.6 Å². The molecule has 0 unspecified atom stereocenters. The Balaban J connectivity index is 1.24. The van der Waals surface area contributed by atoms with Gasteiger partial charge in [-0.15, -0.1) is 11.3 Å². The van der Waals surface area contributed by atoms with Crippen LogP contribution in [0.4, 0.5) is 10.5 Å². The lowest BCUT2D eigenvalue weighted by molar-refractivity contribution is -0.897. The summed E-state index contributed by atoms with van der Waals surface area (Å²) in [6.45, 7) is 2.14. The summed E-state index contributed by atoms with van der Waals surface area (Å²) in [5.41, 5.74) is 1.73. The molecule has 2 heterocycles. The van der Waals surface area contributed by atoms with Crippen molar-refractivity contribution in [3.05, 3.63) is 59.6 Å². The number of carbonyl (C=O) groups excluding carboxylic acids is 2. The smallest absolute Gasteiger partial charge is 0.326 e. The van der Waals surface area contributed by atoms with Gasteiger partial charge in [0.05, 0.1) is 28.3 Å². The molecule has 3 N–H and O–H groups in total. The average molecular weight is 396 g/mol. The van der Waals surface area contributed by atoms with E-state index in [4.69, 9.17) is 4.98 Å². The third-order valence-electron chi connectivity index (χ3n) is 5.05. The van der Waals surface area contributed by atoms with E-state index in [1.165, 1.54) is 14.6 Å². The summed E-state index contributed by atoms with van der Waals surface area (Å²) in [7, 11) is 0. The van der Waals surface area contributed by atoms with Crippen LogP contribution in [0, 0.1) is 0 Å². The second-order valence-corrected chi connectivity index (χ2v) is 8.15. The van der Waals surface area contributed by atoms with E-state index in [1.54, 1.807) is 23.5 Å². The average Bonchev–Trinajstić information content (AvgIpc) is 3.13. The minimum Gasteiger partial charge on any atom is -0.327 e. The predicted molar refractivity (Wildman–Crippen MR) is 111 cm³/mol. The Morgan fingerprint density at radius 1 is 1.04 bits per heavy atom. The fourth-order valence-electron chi connectivity index (χ4n) is 3.60. The van der Waals surface area contributed by atoms with Crippen molar-refractivity contribution in [1.82, 2.24) is 10.3 Å². The van der Waals surface area contributed by atoms with E-state index in [2.05, 4.69) is 22.8 Å². The predicted octanol–water partition coefficient (Wildman–Crippen LogP) is 2.41. The van der Waals surface area contributed by atoms with Crippen LogP contribution in [0.25, 0.3) is 10.2 Å². The molecule has 0 radical (unpaired) electrons. The molecule has 144 valence electrons. The van der Waals surface area contributed by atoms with E-state index in [0.717, 1.165) is 31.4 Å². The number of para-hydroxylation sites is 2. The van der Waals surface area contributed by atoms with Gasteiger partial charge in [-0.2, -0.15) is 0 Å². The summed E-state index contributed by atoms with van der Waals surface area (Å²) in [4.78, 5) is 30.1. The van der Waals surface area contributed by atoms with Gasteiger partial charge in [-0.05, 0) is 24.3 Å². The van der Waals surface area contributed by atoms with Gasteiger partial charge < -0.3 is 10.2 Å². The van der Waals surface area contributed by atoms with E-state index in [0.29, 0.717) is 18.2 Å². The number of benzene rings is 2. The largest absolute Gasteiger partial charge is 0.327 e. The number of carbonyl (C=O) groups is 2. The molecule has 28 heavy (non-hydrogen) atoms. The van der Waals surface area contributed by atoms with Crippen LogP contribution in [-0.2, 0) is 4.79 Å². The van der Waals surface area contributed by atoms with Gasteiger partial charge in [-0.25, -0.2) is 9.78 Å². The van der Waals surface area contributed by atoms with Crippen LogP contribution in [0.5, 0.6) is 0 Å². The van der Waals surface area contributed by atoms with Crippen molar-refractivity contribution in [3.8, 4) is 0 Å². The molecular weight excluding hydrogens is 372 g/mol. The van der Waals surface area contributed by atoms with E-state index >= 15 is 0 Å². The Morgan fingerprint density at radius 3 is 2.50 bits per heavy atom. The lowest BCUT2D eigenvalue weighted by Crippen LogP contribution is -3.14. The number of amides is 3. The van der Waals surface area contributed by atoms with Crippen LogP contribution in [0.2, 0.25) is 0 Å². The van der Waals surface area contributed by atoms with Gasteiger partial charge in [0.2, 0.25) is 0 Å². The van der Waals surface area contributed by atoms with Gasteiger partial charge in [0.25, 0.3) is 5.91 Å². The molecule has 0 aliphatic carbocycles. The zero-order valence-corrected chi connectivity index (χ0v) is 16.3. The number of thiazole rings is 1. The van der Waals surface area contributed by atoms with Gasteiger partial charge in [0.15, 0.2) is 6.54 Å². The number of likely N-dealkylation sites (tertiary alicyclic amines) is 1. The molecule has 0 atom stereocenters. The van der Waals surface area contributed by atoms with Gasteiger partial charge >= 0.3 is 6.03 Å². The molecule has 3 aromatic rings. The number of quaternary nitrogens is 1. The number of nitrogens with one attached hydrogen (secondary N) is 3. The molecule has 1 saturated heterocycles. The quantitative estimate of drug-likeness (QED) is 0.635. The molecule has 7 heteroatoms. The second kappa shape index (κ2) is 8.50. The highest BCUT2D eigenvalue weighted by Crippen LogP contribution is 2.31. The molecule has 6 nitrogen and oxygen atoms in total. The van der Waals surface area contributed by atoms with Crippen molar-refractivity contribution in [1.29, 1.82) is 0 Å². The minimum atomic E-state index is -0.486. The highest BCUT2D eigenvalue weighted by Gasteiger charge is 2.27. The number of nitrogens with zero attached hydrogens (tertiary/aromatic N) is 1. The fraction of sp³-hybridized carbons (Fsp3) is 0.286. The molecule has 1 aromatic heterocycles. The monoisotopic (exact) mass is 395 g/mol. The molecule has 0 saturated carbocycles. The summed E-state index contributed by atoms with van der Waals surface area (Å²) in [6, 6.07) is 16.8. The van der Waals surface area contributed by atoms with E-state index in [9.17, 15) is 9.59 Å². The van der Waals surface area contributed by atoms with Crippen molar-refractivity contribution in [2.75, 3.05) is 25.0 Å². The van der Waals surface area contributed by atoms with Crippen LogP contribution in [0.1, 0.15) is 23.8 Å². The first-order valence-corrected chi connectivity index (χ1v) is 10.3. The van der Waals surface area contributed by atoms with Crippen LogP contribution in [0.3, 0.4) is 0 Å². The molecule has 0 spiro atoms. The first-order valence-electron chi connectivity index (χ1n) is 9.52. The Kier molecular flexibility index (Phi) is 5.64. The Labute approximate surface area is 167 Å². The standard InChI is InChI=1S/C21H22N4O2S/c26-19(24-21(27)22-16-6-2-1-3-7-16)14-25-12-10-15(11-13-25)20-23-17-8-4-5-9-18(17)28-20/h1-9,15H,10-14H2,(H2,22,24,26,27)/p+1. The summed E-state index contributed by atoms with van der Waals surface area (Å²) in [6.07, 6.45) is 2.03. The van der Waals surface area contributed by atoms with Crippen molar-refractivity contribution in [2.45, 2.75) is 18.8 Å². The van der Waals surface area contributed by atoms with Crippen LogP contribution in [-0.4, -0.2) is 36.6 Å². The molecule has 1 fully saturated rings. The maximum atomic E-state index is 12.2. The highest BCUT2D eigenvalue weighted by atomic mass is 32.1. The fourth-order valence-corrected chi connectivity index (χ4v) is 4.73. The van der Waals surface area contributed by atoms with Gasteiger partial charge in [0.1, 0.15) is 0 Å². The number of hydrogen-bond donors (Lipinski definition) is 3. The SMILES string of the molecule is O=C(C[NH+]1CCC(c2nc3ccccc3s2)CC1)NC(=O)Nc1ccccc1. The molecule has 4 rings (SSSR count). The van der Waals surface area contributed by atoms with E-state index < -0.39 is 6.03 Å². The number of anilines is 1. The van der Waals surface area contributed by atoms with Gasteiger partial charge in [0, 0.05) is 24.4 Å². The van der Waals surface area contributed by atoms with E-state index in [-0.39, 0.29) is 5.91 Å². The van der Waals surface area contributed by atoms with Crippen molar-refractivity contribution in [2.24, 2.45) is 0 Å². The molecule has 3 amide bonds. The van der Waals surface area contributed by atoms with E-state index in [1.807, 2.05) is 30.3 Å². The molecule has 0 bridgehead atoms. The topological polar surface area (TPSA) is 75.5 Å². The lowest BCUT2D eigenvalue weighted by Gasteiger charge is -2.27. The van der Waals surface area contributed by atoms with Gasteiger partial charge in [-0.1, -0.05) is 30.3 Å². The van der Waals surface area contributed by atoms with Crippen molar-refractivity contribution < 1.29 is 14.5 Å². The third kappa shape index (κ3) is 4.55. The number of rotatable bonds is 4. The molecular formula is C21H23N4O2S+. The number of aromatic nitrogens is 1. The number of urea groups is 1. The van der Waals surface area contributed by atoms with Crippen molar-refractivity contribution >= 4 is 39.2 Å². The number of piperidine rings is 1. The molecule has 1 aliphatic rings. The Morgan fingerprint density at radius 2 is 1.75 bits per heavy atom. The minimum absolute atomic E-state index is 0.248. The second-order valence-electron chi connectivity index (χ2n) is 7.09. The third-order valence-corrected chi connectivity index (χ3v) is 6.25. The summed E-state index contributed by atoms with van der Waals surface area (Å²) in [5.74, 6) is 0.215. The van der Waals surface area contributed by atoms with Crippen molar-refractivity contribution in [3.63, 3.8) is 0 Å². The Hall–Kier alpha value is -2.77. The zero-order valence-electron chi connectivity index (χ0n) is 15.5. The first-order chi connectivity index (χ1) is 13.7. The maximum Gasteiger partial charge on any atom is 0.326 e. The van der Waals surface area contributed by atoms with Crippen LogP contribution >= 0.6 is 11.3 Å². The number of hydrogen-bond acceptors (Lipinski definition) is 4. The molecule has 1 aliphatic heterocycles. The lowest BCUT2D eigenvalue weighted by atomic mass is 9.97. The first kappa shape index (κ1) is 18.6.